The first-order valence-corrected chi connectivity index (χ1v) is 4.55. The summed E-state index contributed by atoms with van der Waals surface area (Å²) in [6.45, 7) is -0.140. The summed E-state index contributed by atoms with van der Waals surface area (Å²) in [5.74, 6) is -1.52. The molecule has 0 aromatic rings. The molecule has 2 unspecified atom stereocenters. The molecule has 0 aromatic heterocycles. The van der Waals surface area contributed by atoms with Crippen LogP contribution >= 0.6 is 0 Å². The van der Waals surface area contributed by atoms with E-state index in [-0.39, 0.29) is 11.7 Å². The van der Waals surface area contributed by atoms with E-state index in [9.17, 15) is 9.59 Å². The van der Waals surface area contributed by atoms with Gasteiger partial charge in [-0.15, -0.1) is 0 Å². The molecule has 0 bridgehead atoms. The lowest BCUT2D eigenvalue weighted by molar-refractivity contribution is -0.146. The fourth-order valence-corrected chi connectivity index (χ4v) is 1.61. The maximum absolute atomic E-state index is 11.7. The Morgan fingerprint density at radius 2 is 2.47 bits per heavy atom. The number of Topliss-reactive ketones (excluding diaryl/α,β-unsaturated/α-hetero) is 1. The summed E-state index contributed by atoms with van der Waals surface area (Å²) in [6, 6.07) is 0. The Morgan fingerprint density at radius 3 is 3.20 bits per heavy atom. The van der Waals surface area contributed by atoms with Crippen molar-refractivity contribution in [2.75, 3.05) is 13.2 Å². The summed E-state index contributed by atoms with van der Waals surface area (Å²) >= 11 is 0. The van der Waals surface area contributed by atoms with Gasteiger partial charge in [0, 0.05) is 5.57 Å². The predicted octanol–water partition coefficient (Wildman–Crippen LogP) is 0.125. The zero-order chi connectivity index (χ0) is 10.8. The van der Waals surface area contributed by atoms with Crippen LogP contribution in [0.25, 0.3) is 0 Å². The summed E-state index contributed by atoms with van der Waals surface area (Å²) in [5.41, 5.74) is 0.829. The Bertz CT molecular complexity index is 355. The van der Waals surface area contributed by atoms with E-state index in [1.54, 1.807) is 18.4 Å². The first-order valence-electron chi connectivity index (χ1n) is 4.55. The van der Waals surface area contributed by atoms with Gasteiger partial charge < -0.3 is 14.6 Å². The van der Waals surface area contributed by atoms with Crippen LogP contribution in [0.1, 0.15) is 0 Å². The van der Waals surface area contributed by atoms with Crippen LogP contribution in [0.4, 0.5) is 0 Å². The standard InChI is InChI=1S/C10H10O5/c11-9(12)5-15-8-2-1-6-3-14-4-7(6)10(8)13/h1-3,7-8H,4-5H2,(H,11,12). The largest absolute Gasteiger partial charge is 0.500 e. The van der Waals surface area contributed by atoms with Gasteiger partial charge in [0.25, 0.3) is 0 Å². The third kappa shape index (κ3) is 1.92. The molecular formula is C10H10O5. The Morgan fingerprint density at radius 1 is 1.67 bits per heavy atom. The van der Waals surface area contributed by atoms with Crippen LogP contribution in [0.2, 0.25) is 0 Å². The van der Waals surface area contributed by atoms with Crippen LogP contribution in [0.5, 0.6) is 0 Å². The second-order valence-corrected chi connectivity index (χ2v) is 3.39. The van der Waals surface area contributed by atoms with Crippen molar-refractivity contribution in [3.63, 3.8) is 0 Å². The van der Waals surface area contributed by atoms with Crippen molar-refractivity contribution >= 4 is 11.8 Å². The van der Waals surface area contributed by atoms with Crippen LogP contribution in [-0.2, 0) is 19.1 Å². The summed E-state index contributed by atoms with van der Waals surface area (Å²) in [6.07, 6.45) is 4.09. The van der Waals surface area contributed by atoms with Gasteiger partial charge in [0.15, 0.2) is 5.78 Å². The van der Waals surface area contributed by atoms with Crippen LogP contribution in [0.3, 0.4) is 0 Å². The molecule has 1 aliphatic carbocycles. The molecule has 0 saturated carbocycles. The molecule has 0 radical (unpaired) electrons. The highest BCUT2D eigenvalue weighted by molar-refractivity contribution is 5.92. The molecule has 0 saturated heterocycles. The van der Waals surface area contributed by atoms with E-state index >= 15 is 0 Å². The molecule has 1 aliphatic heterocycles. The van der Waals surface area contributed by atoms with Gasteiger partial charge in [-0.1, -0.05) is 6.08 Å². The minimum Gasteiger partial charge on any atom is -0.500 e. The second-order valence-electron chi connectivity index (χ2n) is 3.39. The van der Waals surface area contributed by atoms with Crippen molar-refractivity contribution < 1.29 is 24.2 Å². The molecule has 0 aromatic carbocycles. The number of rotatable bonds is 3. The number of carbonyl (C=O) groups is 2. The van der Waals surface area contributed by atoms with Crippen molar-refractivity contribution in [2.24, 2.45) is 5.92 Å². The molecule has 15 heavy (non-hydrogen) atoms. The van der Waals surface area contributed by atoms with E-state index in [4.69, 9.17) is 14.6 Å². The molecular weight excluding hydrogens is 200 g/mol. The smallest absolute Gasteiger partial charge is 0.329 e. The number of ketones is 1. The number of aliphatic carboxylic acids is 1. The number of carbonyl (C=O) groups excluding carboxylic acids is 1. The number of fused-ring (bicyclic) bond motifs is 1. The summed E-state index contributed by atoms with van der Waals surface area (Å²) in [4.78, 5) is 22.0. The van der Waals surface area contributed by atoms with Crippen molar-refractivity contribution in [1.82, 2.24) is 0 Å². The quantitative estimate of drug-likeness (QED) is 0.716. The lowest BCUT2D eigenvalue weighted by Gasteiger charge is -2.20. The van der Waals surface area contributed by atoms with E-state index in [1.165, 1.54) is 0 Å². The molecule has 2 aliphatic rings. The van der Waals surface area contributed by atoms with Gasteiger partial charge in [-0.2, -0.15) is 0 Å². The molecule has 1 N–H and O–H groups in total. The zero-order valence-corrected chi connectivity index (χ0v) is 7.88. The monoisotopic (exact) mass is 210 g/mol. The fourth-order valence-electron chi connectivity index (χ4n) is 1.61. The maximum atomic E-state index is 11.7. The van der Waals surface area contributed by atoms with Crippen LogP contribution < -0.4 is 0 Å². The van der Waals surface area contributed by atoms with Gasteiger partial charge in [-0.05, 0) is 6.08 Å². The zero-order valence-electron chi connectivity index (χ0n) is 7.88. The van der Waals surface area contributed by atoms with E-state index in [0.29, 0.717) is 6.61 Å². The van der Waals surface area contributed by atoms with Gasteiger partial charge in [-0.25, -0.2) is 4.79 Å². The number of carboxylic acid groups (broad SMARTS) is 1. The summed E-state index contributed by atoms with van der Waals surface area (Å²) in [7, 11) is 0. The Hall–Kier alpha value is -1.62. The third-order valence-corrected chi connectivity index (χ3v) is 2.36. The Labute approximate surface area is 86.0 Å². The first-order chi connectivity index (χ1) is 7.18. The molecule has 0 amide bonds. The molecule has 0 spiro atoms. The van der Waals surface area contributed by atoms with Crippen molar-refractivity contribution in [3.8, 4) is 0 Å². The SMILES string of the molecule is O=C(O)COC1C=CC2=COCC2C1=O. The number of hydrogen-bond acceptors (Lipinski definition) is 4. The molecule has 5 heteroatoms. The normalized spacial score (nSPS) is 28.3. The van der Waals surface area contributed by atoms with Crippen LogP contribution in [0, 0.1) is 5.92 Å². The first kappa shape index (κ1) is 9.92. The van der Waals surface area contributed by atoms with Gasteiger partial charge in [-0.3, -0.25) is 4.79 Å². The molecule has 2 atom stereocenters. The van der Waals surface area contributed by atoms with E-state index < -0.39 is 18.7 Å². The van der Waals surface area contributed by atoms with E-state index in [2.05, 4.69) is 0 Å². The fraction of sp³-hybridized carbons (Fsp3) is 0.400. The number of ether oxygens (including phenoxy) is 2. The predicted molar refractivity (Wildman–Crippen MR) is 49.0 cm³/mol. The minimum absolute atomic E-state index is 0.137. The second kappa shape index (κ2) is 3.86. The molecule has 5 nitrogen and oxygen atoms in total. The lowest BCUT2D eigenvalue weighted by atomic mass is 9.89. The lowest BCUT2D eigenvalue weighted by Crippen LogP contribution is -2.34. The minimum atomic E-state index is -1.08. The highest BCUT2D eigenvalue weighted by Crippen LogP contribution is 2.27. The van der Waals surface area contributed by atoms with E-state index in [0.717, 1.165) is 5.57 Å². The highest BCUT2D eigenvalue weighted by Gasteiger charge is 2.35. The Kier molecular flexibility index (Phi) is 2.55. The topological polar surface area (TPSA) is 72.8 Å². The molecule has 0 fully saturated rings. The molecule has 80 valence electrons. The van der Waals surface area contributed by atoms with Crippen LogP contribution in [-0.4, -0.2) is 36.2 Å². The van der Waals surface area contributed by atoms with Gasteiger partial charge in [0.2, 0.25) is 0 Å². The maximum Gasteiger partial charge on any atom is 0.329 e. The van der Waals surface area contributed by atoms with Crippen molar-refractivity contribution in [1.29, 1.82) is 0 Å². The average molecular weight is 210 g/mol. The summed E-state index contributed by atoms with van der Waals surface area (Å²) < 4.78 is 9.98. The average Bonchev–Trinajstić information content (AvgIpc) is 2.65. The van der Waals surface area contributed by atoms with E-state index in [1.807, 2.05) is 0 Å². The third-order valence-electron chi connectivity index (χ3n) is 2.36. The van der Waals surface area contributed by atoms with Gasteiger partial charge >= 0.3 is 5.97 Å². The van der Waals surface area contributed by atoms with Gasteiger partial charge in [0.05, 0.1) is 12.2 Å². The van der Waals surface area contributed by atoms with Gasteiger partial charge in [0.1, 0.15) is 19.3 Å². The van der Waals surface area contributed by atoms with Crippen molar-refractivity contribution in [2.45, 2.75) is 6.10 Å². The van der Waals surface area contributed by atoms with Crippen molar-refractivity contribution in [3.05, 3.63) is 24.0 Å². The summed E-state index contributed by atoms with van der Waals surface area (Å²) in [5, 5.41) is 8.42. The number of allylic oxidation sites excluding steroid dienone is 1. The number of hydrogen-bond donors (Lipinski definition) is 1. The van der Waals surface area contributed by atoms with Crippen LogP contribution in [0.15, 0.2) is 24.0 Å². The molecule has 1 heterocycles. The number of carboxylic acids is 1. The molecule has 2 rings (SSSR count). The highest BCUT2D eigenvalue weighted by atomic mass is 16.5. The Balaban J connectivity index is 2.04.